The molecular formula is C12H18N2O3. The summed E-state index contributed by atoms with van der Waals surface area (Å²) in [5.41, 5.74) is 5.95. The summed E-state index contributed by atoms with van der Waals surface area (Å²) in [5, 5.41) is 12.1. The molecule has 0 aliphatic rings. The first-order chi connectivity index (χ1) is 8.13. The van der Waals surface area contributed by atoms with Crippen LogP contribution in [0.1, 0.15) is 12.5 Å². The monoisotopic (exact) mass is 238 g/mol. The van der Waals surface area contributed by atoms with Crippen molar-refractivity contribution in [1.82, 2.24) is 5.32 Å². The van der Waals surface area contributed by atoms with Gasteiger partial charge in [-0.15, -0.1) is 0 Å². The van der Waals surface area contributed by atoms with Gasteiger partial charge < -0.3 is 20.9 Å². The Bertz CT molecular complexity index is 369. The van der Waals surface area contributed by atoms with Crippen molar-refractivity contribution in [2.75, 3.05) is 13.2 Å². The van der Waals surface area contributed by atoms with E-state index in [4.69, 9.17) is 10.5 Å². The summed E-state index contributed by atoms with van der Waals surface area (Å²) in [4.78, 5) is 10.6. The van der Waals surface area contributed by atoms with Gasteiger partial charge in [-0.25, -0.2) is 0 Å². The Balaban J connectivity index is 2.41. The predicted molar refractivity (Wildman–Crippen MR) is 64.5 cm³/mol. The predicted octanol–water partition coefficient (Wildman–Crippen LogP) is 0.0211. The third-order valence-electron chi connectivity index (χ3n) is 2.20. The van der Waals surface area contributed by atoms with Crippen LogP contribution in [0.4, 0.5) is 0 Å². The number of aliphatic hydroxyl groups is 1. The molecule has 0 heterocycles. The average molecular weight is 238 g/mol. The summed E-state index contributed by atoms with van der Waals surface area (Å²) < 4.78 is 5.36. The van der Waals surface area contributed by atoms with Gasteiger partial charge >= 0.3 is 0 Å². The summed E-state index contributed by atoms with van der Waals surface area (Å²) in [5.74, 6) is 0.0859. The van der Waals surface area contributed by atoms with Gasteiger partial charge in [-0.3, -0.25) is 4.79 Å². The lowest BCUT2D eigenvalue weighted by Crippen LogP contribution is -2.37. The van der Waals surface area contributed by atoms with E-state index in [1.54, 1.807) is 0 Å². The van der Waals surface area contributed by atoms with Gasteiger partial charge in [0, 0.05) is 13.1 Å². The van der Waals surface area contributed by atoms with Crippen molar-refractivity contribution in [2.24, 2.45) is 5.73 Å². The molecule has 0 aromatic heterocycles. The Kier molecular flexibility index (Phi) is 5.45. The van der Waals surface area contributed by atoms with Crippen molar-refractivity contribution < 1.29 is 14.6 Å². The fourth-order valence-electron chi connectivity index (χ4n) is 1.37. The molecule has 0 aliphatic carbocycles. The third kappa shape index (κ3) is 4.84. The normalized spacial score (nSPS) is 12.1. The number of hydrogen-bond acceptors (Lipinski definition) is 4. The number of carbonyl (C=O) groups excluding carboxylic acids is 1. The van der Waals surface area contributed by atoms with Crippen molar-refractivity contribution in [1.29, 1.82) is 0 Å². The number of amides is 1. The maximum Gasteiger partial charge on any atom is 0.247 e. The number of rotatable bonds is 7. The molecule has 0 saturated carbocycles. The van der Waals surface area contributed by atoms with Crippen LogP contribution in [-0.4, -0.2) is 30.3 Å². The Morgan fingerprint density at radius 3 is 3.00 bits per heavy atom. The van der Waals surface area contributed by atoms with Crippen molar-refractivity contribution in [3.8, 4) is 5.75 Å². The van der Waals surface area contributed by atoms with Crippen molar-refractivity contribution in [2.45, 2.75) is 19.6 Å². The number of hydrogen-bond donors (Lipinski definition) is 3. The van der Waals surface area contributed by atoms with E-state index in [-0.39, 0.29) is 6.54 Å². The van der Waals surface area contributed by atoms with Crippen LogP contribution in [-0.2, 0) is 11.3 Å². The fraction of sp³-hybridized carbons (Fsp3) is 0.417. The minimum absolute atomic E-state index is 0.147. The molecule has 0 aliphatic heterocycles. The molecule has 1 aromatic rings. The van der Waals surface area contributed by atoms with E-state index in [0.717, 1.165) is 11.3 Å². The highest BCUT2D eigenvalue weighted by atomic mass is 16.5. The van der Waals surface area contributed by atoms with E-state index in [1.807, 2.05) is 31.2 Å². The molecule has 1 unspecified atom stereocenters. The minimum Gasteiger partial charge on any atom is -0.494 e. The zero-order valence-electron chi connectivity index (χ0n) is 9.85. The molecule has 17 heavy (non-hydrogen) atoms. The number of nitrogens with one attached hydrogen (secondary N) is 1. The Hall–Kier alpha value is -1.59. The standard InChI is InChI=1S/C12H18N2O3/c1-2-17-10-5-3-4-9(6-10)7-14-8-11(15)12(13)16/h3-6,11,14-15H,2,7-8H2,1H3,(H2,13,16). The van der Waals surface area contributed by atoms with E-state index in [9.17, 15) is 9.90 Å². The van der Waals surface area contributed by atoms with Gasteiger partial charge in [0.15, 0.2) is 0 Å². The van der Waals surface area contributed by atoms with Gasteiger partial charge in [-0.1, -0.05) is 12.1 Å². The molecule has 0 spiro atoms. The van der Waals surface area contributed by atoms with Crippen molar-refractivity contribution in [3.63, 3.8) is 0 Å². The maximum absolute atomic E-state index is 10.6. The molecule has 0 radical (unpaired) electrons. The van der Waals surface area contributed by atoms with Gasteiger partial charge in [0.25, 0.3) is 0 Å². The van der Waals surface area contributed by atoms with Gasteiger partial charge in [0.05, 0.1) is 6.61 Å². The zero-order valence-corrected chi connectivity index (χ0v) is 9.85. The molecule has 5 nitrogen and oxygen atoms in total. The van der Waals surface area contributed by atoms with Gasteiger partial charge in [-0.2, -0.15) is 0 Å². The molecular weight excluding hydrogens is 220 g/mol. The van der Waals surface area contributed by atoms with Gasteiger partial charge in [0.1, 0.15) is 11.9 Å². The second kappa shape index (κ2) is 6.88. The zero-order chi connectivity index (χ0) is 12.7. The summed E-state index contributed by atoms with van der Waals surface area (Å²) >= 11 is 0. The van der Waals surface area contributed by atoms with Gasteiger partial charge in [0.2, 0.25) is 5.91 Å². The topological polar surface area (TPSA) is 84.6 Å². The number of aliphatic hydroxyl groups excluding tert-OH is 1. The first-order valence-electron chi connectivity index (χ1n) is 5.53. The number of primary amides is 1. The Labute approximate surface area is 101 Å². The van der Waals surface area contributed by atoms with E-state index in [0.29, 0.717) is 13.2 Å². The highest BCUT2D eigenvalue weighted by Gasteiger charge is 2.09. The van der Waals surface area contributed by atoms with Crippen LogP contribution in [0.25, 0.3) is 0 Å². The van der Waals surface area contributed by atoms with Crippen LogP contribution in [0, 0.1) is 0 Å². The molecule has 1 aromatic carbocycles. The Morgan fingerprint density at radius 1 is 1.59 bits per heavy atom. The molecule has 5 heteroatoms. The summed E-state index contributed by atoms with van der Waals surface area (Å²) in [6.45, 7) is 3.24. The number of nitrogens with two attached hydrogens (primary N) is 1. The lowest BCUT2D eigenvalue weighted by Gasteiger charge is -2.09. The first-order valence-corrected chi connectivity index (χ1v) is 5.53. The van der Waals surface area contributed by atoms with E-state index in [1.165, 1.54) is 0 Å². The molecule has 0 fully saturated rings. The Morgan fingerprint density at radius 2 is 2.35 bits per heavy atom. The highest BCUT2D eigenvalue weighted by molar-refractivity contribution is 5.78. The summed E-state index contributed by atoms with van der Waals surface area (Å²) in [6.07, 6.45) is -1.15. The van der Waals surface area contributed by atoms with Crippen LogP contribution < -0.4 is 15.8 Å². The lowest BCUT2D eigenvalue weighted by molar-refractivity contribution is -0.125. The molecule has 1 atom stereocenters. The van der Waals surface area contributed by atoms with Crippen LogP contribution in [0.5, 0.6) is 5.75 Å². The maximum atomic E-state index is 10.6. The number of carbonyl (C=O) groups is 1. The van der Waals surface area contributed by atoms with E-state index in [2.05, 4.69) is 5.32 Å². The smallest absolute Gasteiger partial charge is 0.247 e. The summed E-state index contributed by atoms with van der Waals surface area (Å²) in [6, 6.07) is 7.62. The largest absolute Gasteiger partial charge is 0.494 e. The highest BCUT2D eigenvalue weighted by Crippen LogP contribution is 2.12. The minimum atomic E-state index is -1.15. The van der Waals surface area contributed by atoms with Crippen molar-refractivity contribution >= 4 is 5.91 Å². The molecule has 4 N–H and O–H groups in total. The fourth-order valence-corrected chi connectivity index (χ4v) is 1.37. The quantitative estimate of drug-likeness (QED) is 0.625. The number of benzene rings is 1. The second-order valence-electron chi connectivity index (χ2n) is 3.63. The lowest BCUT2D eigenvalue weighted by atomic mass is 10.2. The van der Waals surface area contributed by atoms with Crippen LogP contribution in [0.15, 0.2) is 24.3 Å². The van der Waals surface area contributed by atoms with Crippen molar-refractivity contribution in [3.05, 3.63) is 29.8 Å². The number of ether oxygens (including phenoxy) is 1. The van der Waals surface area contributed by atoms with E-state index >= 15 is 0 Å². The van der Waals surface area contributed by atoms with Crippen LogP contribution >= 0.6 is 0 Å². The summed E-state index contributed by atoms with van der Waals surface area (Å²) in [7, 11) is 0. The molecule has 1 rings (SSSR count). The van der Waals surface area contributed by atoms with Crippen LogP contribution in [0.2, 0.25) is 0 Å². The molecule has 94 valence electrons. The average Bonchev–Trinajstić information content (AvgIpc) is 2.29. The SMILES string of the molecule is CCOc1cccc(CNCC(O)C(N)=O)c1. The molecule has 1 amide bonds. The molecule has 0 bridgehead atoms. The first kappa shape index (κ1) is 13.5. The van der Waals surface area contributed by atoms with E-state index < -0.39 is 12.0 Å². The molecule has 0 saturated heterocycles. The second-order valence-corrected chi connectivity index (χ2v) is 3.63. The third-order valence-corrected chi connectivity index (χ3v) is 2.20. The van der Waals surface area contributed by atoms with Gasteiger partial charge in [-0.05, 0) is 24.6 Å². The van der Waals surface area contributed by atoms with Crippen LogP contribution in [0.3, 0.4) is 0 Å².